The van der Waals surface area contributed by atoms with Crippen LogP contribution in [0, 0.1) is 23.2 Å². The van der Waals surface area contributed by atoms with Crippen LogP contribution in [0.4, 0.5) is 0 Å². The summed E-state index contributed by atoms with van der Waals surface area (Å²) in [5, 5.41) is 1.53. The Kier molecular flexibility index (Phi) is 5.93. The smallest absolute Gasteiger partial charge is 0.0650 e. The molecular weight excluding hydrogens is 451 g/mol. The van der Waals surface area contributed by atoms with Crippen molar-refractivity contribution in [2.45, 2.75) is 62.9 Å². The summed E-state index contributed by atoms with van der Waals surface area (Å²) in [6.45, 7) is 0. The van der Waals surface area contributed by atoms with E-state index in [-0.39, 0.29) is 5.16 Å². The molecule has 1 aliphatic heterocycles. The second-order valence-corrected chi connectivity index (χ2v) is 14.9. The van der Waals surface area contributed by atoms with Gasteiger partial charge >= 0.3 is 0 Å². The molecule has 0 nitrogen and oxygen atoms in total. The third kappa shape index (κ3) is 3.83. The van der Waals surface area contributed by atoms with E-state index in [1.165, 1.54) is 75.1 Å². The minimum Gasteiger partial charge on any atom is -0.0832 e. The highest BCUT2D eigenvalue weighted by Gasteiger charge is 2.51. The predicted octanol–water partition coefficient (Wildman–Crippen LogP) is 9.06. The van der Waals surface area contributed by atoms with Gasteiger partial charge in [-0.2, -0.15) is 0 Å². The van der Waals surface area contributed by atoms with Crippen LogP contribution in [0.3, 0.4) is 0 Å². The first-order valence-electron chi connectivity index (χ1n) is 14.4. The van der Waals surface area contributed by atoms with Crippen molar-refractivity contribution in [1.29, 1.82) is 0 Å². The molecule has 5 aliphatic rings. The molecule has 0 N–H and O–H groups in total. The molecule has 3 aromatic carbocycles. The third-order valence-corrected chi connectivity index (χ3v) is 13.4. The first kappa shape index (κ1) is 23.0. The van der Waals surface area contributed by atoms with Crippen LogP contribution in [-0.2, 0) is 5.16 Å². The highest BCUT2D eigenvalue weighted by atomic mass is 31.1. The van der Waals surface area contributed by atoms with E-state index in [0.29, 0.717) is 5.41 Å². The Balaban J connectivity index is 1.38. The van der Waals surface area contributed by atoms with E-state index in [4.69, 9.17) is 0 Å². The molecule has 1 saturated heterocycles. The average molecular weight is 491 g/mol. The van der Waals surface area contributed by atoms with Crippen molar-refractivity contribution in [3.8, 4) is 0 Å². The van der Waals surface area contributed by atoms with E-state index in [9.17, 15) is 0 Å². The van der Waals surface area contributed by atoms with Crippen LogP contribution in [0.25, 0.3) is 0 Å². The standard InChI is InChI=1S/C35H39P/c1-4-11-30(12-5-1)35(31-13-6-2-7-14-31)32(15-10-20-36(35)33-16-8-3-9-17-33)18-19-34-24-27-21-28(25-34)23-29(22-27)26-34/h1-9,11-14,16-18,27-29H,10,15,19-26H2. The fraction of sp³-hybridized carbons (Fsp3) is 0.429. The van der Waals surface area contributed by atoms with Gasteiger partial charge in [0.1, 0.15) is 0 Å². The fourth-order valence-electron chi connectivity index (χ4n) is 9.22. The summed E-state index contributed by atoms with van der Waals surface area (Å²) in [6, 6.07) is 34.7. The molecule has 8 rings (SSSR count). The van der Waals surface area contributed by atoms with E-state index in [0.717, 1.165) is 17.8 Å². The molecule has 36 heavy (non-hydrogen) atoms. The number of rotatable bonds is 5. The summed E-state index contributed by atoms with van der Waals surface area (Å²) in [4.78, 5) is 0. The molecule has 1 atom stereocenters. The monoisotopic (exact) mass is 490 g/mol. The molecule has 1 heterocycles. The molecule has 0 spiro atoms. The second-order valence-electron chi connectivity index (χ2n) is 12.4. The lowest BCUT2D eigenvalue weighted by molar-refractivity contribution is -0.0508. The molecule has 5 fully saturated rings. The van der Waals surface area contributed by atoms with Crippen LogP contribution in [-0.4, -0.2) is 6.16 Å². The topological polar surface area (TPSA) is 0 Å². The van der Waals surface area contributed by atoms with Crippen molar-refractivity contribution < 1.29 is 0 Å². The van der Waals surface area contributed by atoms with Gasteiger partial charge in [0, 0.05) is 0 Å². The zero-order chi connectivity index (χ0) is 24.0. The van der Waals surface area contributed by atoms with Gasteiger partial charge in [0.05, 0.1) is 5.16 Å². The first-order valence-corrected chi connectivity index (χ1v) is 15.9. The molecule has 0 radical (unpaired) electrons. The summed E-state index contributed by atoms with van der Waals surface area (Å²) < 4.78 is 0. The van der Waals surface area contributed by atoms with Crippen molar-refractivity contribution in [3.05, 3.63) is 114 Å². The fourth-order valence-corrected chi connectivity index (χ4v) is 12.7. The van der Waals surface area contributed by atoms with Crippen LogP contribution in [0.15, 0.2) is 103 Å². The Morgan fingerprint density at radius 3 is 1.69 bits per heavy atom. The van der Waals surface area contributed by atoms with Gasteiger partial charge in [-0.3, -0.25) is 0 Å². The van der Waals surface area contributed by atoms with Gasteiger partial charge < -0.3 is 0 Å². The van der Waals surface area contributed by atoms with Gasteiger partial charge in [-0.15, -0.1) is 0 Å². The maximum absolute atomic E-state index is 2.81. The van der Waals surface area contributed by atoms with Crippen LogP contribution < -0.4 is 5.30 Å². The number of hydrogen-bond acceptors (Lipinski definition) is 0. The Bertz CT molecular complexity index is 1130. The van der Waals surface area contributed by atoms with Gasteiger partial charge in [0.25, 0.3) is 0 Å². The Morgan fingerprint density at radius 1 is 0.667 bits per heavy atom. The highest BCUT2D eigenvalue weighted by Crippen LogP contribution is 2.67. The molecule has 3 aromatic rings. The van der Waals surface area contributed by atoms with Crippen molar-refractivity contribution >= 4 is 13.2 Å². The average Bonchev–Trinajstić information content (AvgIpc) is 2.92. The van der Waals surface area contributed by atoms with Crippen molar-refractivity contribution in [2.24, 2.45) is 23.2 Å². The van der Waals surface area contributed by atoms with Crippen LogP contribution in [0.5, 0.6) is 0 Å². The summed E-state index contributed by atoms with van der Waals surface area (Å²) in [6.07, 6.45) is 17.1. The lowest BCUT2D eigenvalue weighted by atomic mass is 9.49. The second kappa shape index (κ2) is 9.29. The predicted molar refractivity (Wildman–Crippen MR) is 154 cm³/mol. The lowest BCUT2D eigenvalue weighted by Crippen LogP contribution is -2.46. The van der Waals surface area contributed by atoms with Crippen LogP contribution >= 0.6 is 7.92 Å². The lowest BCUT2D eigenvalue weighted by Gasteiger charge is -2.57. The third-order valence-electron chi connectivity index (χ3n) is 10.1. The van der Waals surface area contributed by atoms with Gasteiger partial charge in [0.2, 0.25) is 0 Å². The van der Waals surface area contributed by atoms with Crippen LogP contribution in [0.2, 0.25) is 0 Å². The Morgan fingerprint density at radius 2 is 1.17 bits per heavy atom. The van der Waals surface area contributed by atoms with Crippen LogP contribution in [0.1, 0.15) is 68.9 Å². The summed E-state index contributed by atoms with van der Waals surface area (Å²) in [7, 11) is -0.419. The number of allylic oxidation sites excluding steroid dienone is 2. The van der Waals surface area contributed by atoms with Crippen molar-refractivity contribution in [1.82, 2.24) is 0 Å². The van der Waals surface area contributed by atoms with E-state index >= 15 is 0 Å². The highest BCUT2D eigenvalue weighted by molar-refractivity contribution is 7.67. The van der Waals surface area contributed by atoms with E-state index < -0.39 is 7.92 Å². The van der Waals surface area contributed by atoms with Gasteiger partial charge in [-0.1, -0.05) is 111 Å². The minimum absolute atomic E-state index is 0.0280. The van der Waals surface area contributed by atoms with E-state index in [1.807, 2.05) is 0 Å². The van der Waals surface area contributed by atoms with Gasteiger partial charge in [0.15, 0.2) is 0 Å². The van der Waals surface area contributed by atoms with Crippen molar-refractivity contribution in [3.63, 3.8) is 0 Å². The molecule has 1 heteroatoms. The summed E-state index contributed by atoms with van der Waals surface area (Å²) >= 11 is 0. The number of benzene rings is 3. The first-order chi connectivity index (χ1) is 17.8. The Labute approximate surface area is 219 Å². The molecule has 4 bridgehead atoms. The molecule has 4 aliphatic carbocycles. The summed E-state index contributed by atoms with van der Waals surface area (Å²) in [5.74, 6) is 3.07. The van der Waals surface area contributed by atoms with E-state index in [2.05, 4.69) is 97.1 Å². The largest absolute Gasteiger partial charge is 0.0832 e. The van der Waals surface area contributed by atoms with E-state index in [1.54, 1.807) is 10.9 Å². The molecular formula is C35H39P. The maximum Gasteiger partial charge on any atom is 0.0650 e. The molecule has 0 amide bonds. The minimum atomic E-state index is -0.419. The SMILES string of the molecule is C(CC12CC3CC(CC(C3)C1)C2)=C1CCCP(c2ccccc2)C1(c1ccccc1)c1ccccc1. The van der Waals surface area contributed by atoms with Crippen molar-refractivity contribution in [2.75, 3.05) is 6.16 Å². The number of hydrogen-bond donors (Lipinski definition) is 0. The molecule has 1 unspecified atom stereocenters. The maximum atomic E-state index is 2.81. The summed E-state index contributed by atoms with van der Waals surface area (Å²) in [5.41, 5.74) is 5.32. The molecule has 4 saturated carbocycles. The quantitative estimate of drug-likeness (QED) is 0.247. The molecule has 184 valence electrons. The molecule has 0 aromatic heterocycles. The normalized spacial score (nSPS) is 33.6. The zero-order valence-electron chi connectivity index (χ0n) is 21.5. The van der Waals surface area contributed by atoms with Gasteiger partial charge in [-0.05, 0) is 104 Å². The Hall–Kier alpha value is -2.17. The van der Waals surface area contributed by atoms with Gasteiger partial charge in [-0.25, -0.2) is 0 Å². The zero-order valence-corrected chi connectivity index (χ0v) is 22.4.